The van der Waals surface area contributed by atoms with Gasteiger partial charge in [-0.3, -0.25) is 9.59 Å². The third-order valence-electron chi connectivity index (χ3n) is 2.92. The van der Waals surface area contributed by atoms with Crippen molar-refractivity contribution in [3.63, 3.8) is 0 Å². The molecule has 0 spiro atoms. The van der Waals surface area contributed by atoms with E-state index in [4.69, 9.17) is 11.5 Å². The van der Waals surface area contributed by atoms with Gasteiger partial charge in [0, 0.05) is 15.7 Å². The Labute approximate surface area is 130 Å². The van der Waals surface area contributed by atoms with Crippen LogP contribution < -0.4 is 16.8 Å². The number of nitrogens with one attached hydrogen (secondary N) is 1. The average molecular weight is 348 g/mol. The van der Waals surface area contributed by atoms with Crippen molar-refractivity contribution in [1.82, 2.24) is 0 Å². The number of halogens is 1. The monoisotopic (exact) mass is 347 g/mol. The number of carbonyl (C=O) groups excluding carboxylic acids is 2. The summed E-state index contributed by atoms with van der Waals surface area (Å²) in [5, 5.41) is 3.01. The van der Waals surface area contributed by atoms with Crippen LogP contribution in [0.5, 0.6) is 0 Å². The number of benzene rings is 2. The molecule has 0 bridgehead atoms. The van der Waals surface area contributed by atoms with E-state index in [1.807, 2.05) is 12.1 Å². The first-order valence-corrected chi connectivity index (χ1v) is 6.98. The highest BCUT2D eigenvalue weighted by molar-refractivity contribution is 9.10. The van der Waals surface area contributed by atoms with Crippen LogP contribution in [0, 0.1) is 0 Å². The second-order valence-corrected chi connectivity index (χ2v) is 5.40. The van der Waals surface area contributed by atoms with Crippen molar-refractivity contribution in [2.24, 2.45) is 11.5 Å². The van der Waals surface area contributed by atoms with E-state index in [0.717, 1.165) is 10.0 Å². The summed E-state index contributed by atoms with van der Waals surface area (Å²) in [6, 6.07) is 13.2. The third-order valence-corrected chi connectivity index (χ3v) is 3.42. The molecule has 2 aromatic rings. The molecule has 5 N–H and O–H groups in total. The van der Waals surface area contributed by atoms with Crippen LogP contribution >= 0.6 is 15.9 Å². The first kappa shape index (κ1) is 15.1. The minimum atomic E-state index is -0.703. The van der Waals surface area contributed by atoms with Gasteiger partial charge in [0.25, 0.3) is 0 Å². The summed E-state index contributed by atoms with van der Waals surface area (Å²) in [6.45, 7) is 0. The van der Waals surface area contributed by atoms with Gasteiger partial charge in [0.05, 0.1) is 0 Å². The molecule has 0 saturated heterocycles. The fraction of sp³-hybridized carbons (Fsp3) is 0.0667. The van der Waals surface area contributed by atoms with Gasteiger partial charge in [0.2, 0.25) is 11.8 Å². The van der Waals surface area contributed by atoms with E-state index in [2.05, 4.69) is 21.2 Å². The van der Waals surface area contributed by atoms with Crippen molar-refractivity contribution in [3.05, 3.63) is 64.1 Å². The fourth-order valence-electron chi connectivity index (χ4n) is 1.93. The predicted molar refractivity (Wildman–Crippen MR) is 84.7 cm³/mol. The SMILES string of the molecule is NC(=O)c1cccc(NC(C(N)=O)c2cccc(Br)c2)c1. The summed E-state index contributed by atoms with van der Waals surface area (Å²) < 4.78 is 0.846. The van der Waals surface area contributed by atoms with Crippen LogP contribution in [-0.4, -0.2) is 11.8 Å². The normalized spacial score (nSPS) is 11.7. The number of primary amides is 2. The average Bonchev–Trinajstić information content (AvgIpc) is 2.44. The molecular weight excluding hydrogens is 334 g/mol. The molecule has 0 aromatic heterocycles. The lowest BCUT2D eigenvalue weighted by Crippen LogP contribution is -2.27. The van der Waals surface area contributed by atoms with Gasteiger partial charge in [-0.25, -0.2) is 0 Å². The van der Waals surface area contributed by atoms with Crippen LogP contribution in [0.25, 0.3) is 0 Å². The number of hydrogen-bond donors (Lipinski definition) is 3. The summed E-state index contributed by atoms with van der Waals surface area (Å²) >= 11 is 3.35. The van der Waals surface area contributed by atoms with Gasteiger partial charge in [0.1, 0.15) is 6.04 Å². The van der Waals surface area contributed by atoms with Gasteiger partial charge in [-0.05, 0) is 35.9 Å². The van der Waals surface area contributed by atoms with Gasteiger partial charge in [-0.15, -0.1) is 0 Å². The molecule has 6 heteroatoms. The maximum atomic E-state index is 11.7. The Balaban J connectivity index is 2.31. The molecule has 2 aromatic carbocycles. The van der Waals surface area contributed by atoms with E-state index in [-0.39, 0.29) is 0 Å². The van der Waals surface area contributed by atoms with Crippen molar-refractivity contribution < 1.29 is 9.59 Å². The van der Waals surface area contributed by atoms with Crippen molar-refractivity contribution in [3.8, 4) is 0 Å². The summed E-state index contributed by atoms with van der Waals surface area (Å²) in [5.74, 6) is -1.05. The number of amides is 2. The van der Waals surface area contributed by atoms with E-state index in [0.29, 0.717) is 11.3 Å². The molecule has 21 heavy (non-hydrogen) atoms. The van der Waals surface area contributed by atoms with E-state index >= 15 is 0 Å². The van der Waals surface area contributed by atoms with Crippen molar-refractivity contribution in [2.75, 3.05) is 5.32 Å². The Morgan fingerprint density at radius 1 is 1.05 bits per heavy atom. The highest BCUT2D eigenvalue weighted by Gasteiger charge is 2.18. The number of carbonyl (C=O) groups is 2. The highest BCUT2D eigenvalue weighted by atomic mass is 79.9. The quantitative estimate of drug-likeness (QED) is 0.772. The summed E-state index contributed by atoms with van der Waals surface area (Å²) in [4.78, 5) is 22.9. The minimum Gasteiger partial charge on any atom is -0.370 e. The standard InChI is InChI=1S/C15H14BrN3O2/c16-11-5-1-3-9(7-11)13(15(18)21)19-12-6-2-4-10(8-12)14(17)20/h1-8,13,19H,(H2,17,20)(H2,18,21). The zero-order chi connectivity index (χ0) is 15.4. The lowest BCUT2D eigenvalue weighted by molar-refractivity contribution is -0.118. The lowest BCUT2D eigenvalue weighted by atomic mass is 10.1. The van der Waals surface area contributed by atoms with E-state index in [1.54, 1.807) is 36.4 Å². The van der Waals surface area contributed by atoms with E-state index in [9.17, 15) is 9.59 Å². The Bertz CT molecular complexity index is 688. The third kappa shape index (κ3) is 3.82. The van der Waals surface area contributed by atoms with Crippen LogP contribution in [0.1, 0.15) is 22.0 Å². The van der Waals surface area contributed by atoms with Crippen LogP contribution in [0.4, 0.5) is 5.69 Å². The maximum Gasteiger partial charge on any atom is 0.248 e. The molecule has 0 aliphatic carbocycles. The Hall–Kier alpha value is -2.34. The molecule has 0 aliphatic heterocycles. The summed E-state index contributed by atoms with van der Waals surface area (Å²) in [6.07, 6.45) is 0. The highest BCUT2D eigenvalue weighted by Crippen LogP contribution is 2.23. The molecule has 0 aliphatic rings. The smallest absolute Gasteiger partial charge is 0.248 e. The van der Waals surface area contributed by atoms with Crippen molar-refractivity contribution in [2.45, 2.75) is 6.04 Å². The number of rotatable bonds is 5. The van der Waals surface area contributed by atoms with Gasteiger partial charge in [0.15, 0.2) is 0 Å². The van der Waals surface area contributed by atoms with Gasteiger partial charge in [-0.1, -0.05) is 34.1 Å². The maximum absolute atomic E-state index is 11.7. The Morgan fingerprint density at radius 2 is 1.76 bits per heavy atom. The first-order chi connectivity index (χ1) is 9.97. The lowest BCUT2D eigenvalue weighted by Gasteiger charge is -2.17. The van der Waals surface area contributed by atoms with E-state index < -0.39 is 17.9 Å². The van der Waals surface area contributed by atoms with Crippen LogP contribution in [0.3, 0.4) is 0 Å². The molecule has 108 valence electrons. The topological polar surface area (TPSA) is 98.2 Å². The molecule has 0 heterocycles. The molecule has 5 nitrogen and oxygen atoms in total. The zero-order valence-corrected chi connectivity index (χ0v) is 12.6. The minimum absolute atomic E-state index is 0.359. The zero-order valence-electron chi connectivity index (χ0n) is 11.0. The van der Waals surface area contributed by atoms with Gasteiger partial charge >= 0.3 is 0 Å². The van der Waals surface area contributed by atoms with Crippen molar-refractivity contribution >= 4 is 33.4 Å². The second-order valence-electron chi connectivity index (χ2n) is 4.48. The summed E-state index contributed by atoms with van der Waals surface area (Å²) in [5.41, 5.74) is 12.4. The van der Waals surface area contributed by atoms with Crippen LogP contribution in [0.15, 0.2) is 53.0 Å². The number of hydrogen-bond acceptors (Lipinski definition) is 3. The second kappa shape index (κ2) is 6.41. The summed E-state index contributed by atoms with van der Waals surface area (Å²) in [7, 11) is 0. The van der Waals surface area contributed by atoms with Gasteiger partial charge < -0.3 is 16.8 Å². The van der Waals surface area contributed by atoms with Crippen molar-refractivity contribution in [1.29, 1.82) is 0 Å². The van der Waals surface area contributed by atoms with Crippen LogP contribution in [-0.2, 0) is 4.79 Å². The largest absolute Gasteiger partial charge is 0.370 e. The Morgan fingerprint density at radius 3 is 2.38 bits per heavy atom. The Kier molecular flexibility index (Phi) is 4.59. The molecule has 0 radical (unpaired) electrons. The molecule has 2 amide bonds. The van der Waals surface area contributed by atoms with Gasteiger partial charge in [-0.2, -0.15) is 0 Å². The molecule has 2 rings (SSSR count). The first-order valence-electron chi connectivity index (χ1n) is 6.18. The fourth-order valence-corrected chi connectivity index (χ4v) is 2.35. The number of anilines is 1. The molecule has 0 saturated carbocycles. The molecular formula is C15H14BrN3O2. The van der Waals surface area contributed by atoms with Crippen LogP contribution in [0.2, 0.25) is 0 Å². The molecule has 0 fully saturated rings. The number of nitrogens with two attached hydrogens (primary N) is 2. The predicted octanol–water partition coefficient (Wildman–Crippen LogP) is 2.19. The van der Waals surface area contributed by atoms with E-state index in [1.165, 1.54) is 0 Å². The molecule has 1 atom stereocenters. The molecule has 1 unspecified atom stereocenters.